The van der Waals surface area contributed by atoms with Gasteiger partial charge in [0.1, 0.15) is 11.3 Å². The Morgan fingerprint density at radius 3 is 2.61 bits per heavy atom. The van der Waals surface area contributed by atoms with Crippen LogP contribution in [0.1, 0.15) is 11.3 Å². The summed E-state index contributed by atoms with van der Waals surface area (Å²) in [7, 11) is 0. The van der Waals surface area contributed by atoms with Gasteiger partial charge < -0.3 is 10.3 Å². The number of aromatic nitrogens is 3. The molecule has 0 atom stereocenters. The quantitative estimate of drug-likeness (QED) is 0.336. The number of nitrogens with one attached hydrogen (secondary N) is 2. The molecule has 0 unspecified atom stereocenters. The van der Waals surface area contributed by atoms with Crippen LogP contribution in [0.5, 0.6) is 0 Å². The topological polar surface area (TPSA) is 79.8 Å². The first-order valence-corrected chi connectivity index (χ1v) is 10.8. The number of carbonyl (C=O) groups is 1. The van der Waals surface area contributed by atoms with Crippen molar-refractivity contribution in [2.75, 3.05) is 5.75 Å². The zero-order valence-electron chi connectivity index (χ0n) is 16.5. The Morgan fingerprint density at radius 1 is 1.19 bits per heavy atom. The smallest absolute Gasteiger partial charge is 0.283 e. The van der Waals surface area contributed by atoms with Crippen molar-refractivity contribution in [1.82, 2.24) is 19.9 Å². The van der Waals surface area contributed by atoms with E-state index in [4.69, 9.17) is 11.6 Å². The Balaban J connectivity index is 1.57. The summed E-state index contributed by atoms with van der Waals surface area (Å²) in [4.78, 5) is 33.1. The lowest BCUT2D eigenvalue weighted by Gasteiger charge is -2.12. The van der Waals surface area contributed by atoms with Crippen LogP contribution >= 0.6 is 23.4 Å². The monoisotopic (exact) mass is 456 g/mol. The number of rotatable bonds is 6. The minimum Gasteiger partial charge on any atom is -0.353 e. The molecule has 9 heteroatoms. The summed E-state index contributed by atoms with van der Waals surface area (Å²) >= 11 is 7.01. The molecule has 4 aromatic rings. The Labute approximate surface area is 186 Å². The molecule has 0 radical (unpaired) electrons. The third kappa shape index (κ3) is 4.81. The van der Waals surface area contributed by atoms with Crippen LogP contribution in [0.15, 0.2) is 64.5 Å². The summed E-state index contributed by atoms with van der Waals surface area (Å²) in [6.45, 7) is 2.20. The van der Waals surface area contributed by atoms with E-state index in [-0.39, 0.29) is 17.2 Å². The van der Waals surface area contributed by atoms with Crippen molar-refractivity contribution in [2.45, 2.75) is 18.6 Å². The lowest BCUT2D eigenvalue weighted by molar-refractivity contribution is -0.118. The molecule has 0 saturated carbocycles. The van der Waals surface area contributed by atoms with Gasteiger partial charge in [-0.25, -0.2) is 9.37 Å². The fourth-order valence-corrected chi connectivity index (χ4v) is 4.04. The summed E-state index contributed by atoms with van der Waals surface area (Å²) < 4.78 is 14.8. The summed E-state index contributed by atoms with van der Waals surface area (Å²) in [5.41, 5.74) is 2.76. The maximum absolute atomic E-state index is 13.4. The molecule has 6 nitrogen and oxygen atoms in total. The van der Waals surface area contributed by atoms with Gasteiger partial charge in [-0.05, 0) is 55.0 Å². The number of aromatic amines is 1. The standard InChI is InChI=1S/C22H18ClFN4O2S/c1-13-10-18-20(26-13)21(30)28(17-8-6-16(24)7-9-17)22(27-18)31-12-19(29)25-11-14-2-4-15(23)5-3-14/h2-10,26H,11-12H2,1H3,(H,25,29). The third-order valence-electron chi connectivity index (χ3n) is 4.58. The summed E-state index contributed by atoms with van der Waals surface area (Å²) in [6, 6.07) is 14.5. The minimum atomic E-state index is -0.405. The second-order valence-corrected chi connectivity index (χ2v) is 8.29. The van der Waals surface area contributed by atoms with Crippen molar-refractivity contribution in [3.8, 4) is 5.69 Å². The van der Waals surface area contributed by atoms with Crippen molar-refractivity contribution in [3.63, 3.8) is 0 Å². The lowest BCUT2D eigenvalue weighted by atomic mass is 10.2. The fourth-order valence-electron chi connectivity index (χ4n) is 3.08. The normalized spacial score (nSPS) is 11.1. The number of hydrogen-bond acceptors (Lipinski definition) is 4. The van der Waals surface area contributed by atoms with Crippen molar-refractivity contribution in [1.29, 1.82) is 0 Å². The van der Waals surface area contributed by atoms with Crippen LogP contribution in [0.2, 0.25) is 5.02 Å². The first-order chi connectivity index (χ1) is 14.9. The molecule has 4 rings (SSSR count). The molecule has 0 fully saturated rings. The molecule has 0 saturated heterocycles. The van der Waals surface area contributed by atoms with Crippen LogP contribution in [0.25, 0.3) is 16.7 Å². The van der Waals surface area contributed by atoms with Gasteiger partial charge in [-0.1, -0.05) is 35.5 Å². The van der Waals surface area contributed by atoms with Crippen LogP contribution in [0.4, 0.5) is 4.39 Å². The Bertz CT molecular complexity index is 1300. The van der Waals surface area contributed by atoms with E-state index in [2.05, 4.69) is 15.3 Å². The summed E-state index contributed by atoms with van der Waals surface area (Å²) in [6.07, 6.45) is 0. The predicted octanol–water partition coefficient (Wildman–Crippen LogP) is 4.22. The van der Waals surface area contributed by atoms with Gasteiger partial charge in [0.25, 0.3) is 5.56 Å². The molecule has 0 aliphatic carbocycles. The van der Waals surface area contributed by atoms with Crippen LogP contribution in [0.3, 0.4) is 0 Å². The summed E-state index contributed by atoms with van der Waals surface area (Å²) in [5.74, 6) is -0.543. The number of carbonyl (C=O) groups excluding carboxylic acids is 1. The van der Waals surface area contributed by atoms with Gasteiger partial charge in [-0.3, -0.25) is 14.2 Å². The van der Waals surface area contributed by atoms with Crippen LogP contribution in [-0.4, -0.2) is 26.2 Å². The number of thioether (sulfide) groups is 1. The highest BCUT2D eigenvalue weighted by atomic mass is 35.5. The average Bonchev–Trinajstić information content (AvgIpc) is 3.13. The first-order valence-electron chi connectivity index (χ1n) is 9.43. The van der Waals surface area contributed by atoms with Gasteiger partial charge in [-0.15, -0.1) is 0 Å². The predicted molar refractivity (Wildman–Crippen MR) is 120 cm³/mol. The van der Waals surface area contributed by atoms with Gasteiger partial charge in [0.2, 0.25) is 5.91 Å². The van der Waals surface area contributed by atoms with Crippen molar-refractivity contribution >= 4 is 40.3 Å². The van der Waals surface area contributed by atoms with E-state index in [1.807, 2.05) is 19.1 Å². The first kappa shape index (κ1) is 21.1. The molecule has 2 heterocycles. The molecule has 0 spiro atoms. The number of H-pyrrole nitrogens is 1. The molecule has 0 bridgehead atoms. The second kappa shape index (κ2) is 8.95. The Hall–Kier alpha value is -3.10. The van der Waals surface area contributed by atoms with E-state index in [9.17, 15) is 14.0 Å². The molecule has 158 valence electrons. The fraction of sp³-hybridized carbons (Fsp3) is 0.136. The van der Waals surface area contributed by atoms with Crippen molar-refractivity contribution in [2.24, 2.45) is 0 Å². The van der Waals surface area contributed by atoms with Crippen LogP contribution in [-0.2, 0) is 11.3 Å². The maximum atomic E-state index is 13.4. The zero-order valence-corrected chi connectivity index (χ0v) is 18.1. The van der Waals surface area contributed by atoms with Gasteiger partial charge in [0, 0.05) is 17.3 Å². The minimum absolute atomic E-state index is 0.0656. The molecule has 2 aromatic heterocycles. The van der Waals surface area contributed by atoms with Crippen LogP contribution < -0.4 is 10.9 Å². The van der Waals surface area contributed by atoms with Gasteiger partial charge in [0.15, 0.2) is 5.16 Å². The van der Waals surface area contributed by atoms with Gasteiger partial charge in [0.05, 0.1) is 17.0 Å². The number of hydrogen-bond donors (Lipinski definition) is 2. The molecule has 2 aromatic carbocycles. The molecule has 0 aliphatic heterocycles. The number of aryl methyl sites for hydroxylation is 1. The van der Waals surface area contributed by atoms with E-state index in [0.717, 1.165) is 23.0 Å². The second-order valence-electron chi connectivity index (χ2n) is 6.92. The number of fused-ring (bicyclic) bond motifs is 1. The van der Waals surface area contributed by atoms with E-state index in [1.165, 1.54) is 28.8 Å². The van der Waals surface area contributed by atoms with Gasteiger partial charge in [-0.2, -0.15) is 0 Å². The maximum Gasteiger partial charge on any atom is 0.283 e. The third-order valence-corrected chi connectivity index (χ3v) is 5.77. The lowest BCUT2D eigenvalue weighted by Crippen LogP contribution is -2.26. The van der Waals surface area contributed by atoms with Crippen molar-refractivity contribution in [3.05, 3.63) is 87.0 Å². The number of amides is 1. The van der Waals surface area contributed by atoms with Crippen LogP contribution in [0, 0.1) is 12.7 Å². The largest absolute Gasteiger partial charge is 0.353 e. The molecule has 2 N–H and O–H groups in total. The summed E-state index contributed by atoms with van der Waals surface area (Å²) in [5, 5.41) is 3.82. The van der Waals surface area contributed by atoms with E-state index >= 15 is 0 Å². The highest BCUT2D eigenvalue weighted by Gasteiger charge is 2.16. The molecule has 31 heavy (non-hydrogen) atoms. The van der Waals surface area contributed by atoms with Crippen molar-refractivity contribution < 1.29 is 9.18 Å². The Kier molecular flexibility index (Phi) is 6.11. The van der Waals surface area contributed by atoms with Gasteiger partial charge >= 0.3 is 0 Å². The molecular weight excluding hydrogens is 439 g/mol. The van der Waals surface area contributed by atoms with E-state index in [1.54, 1.807) is 18.2 Å². The zero-order chi connectivity index (χ0) is 22.0. The average molecular weight is 457 g/mol. The highest BCUT2D eigenvalue weighted by Crippen LogP contribution is 2.22. The van der Waals surface area contributed by atoms with E-state index < -0.39 is 5.82 Å². The molecule has 1 amide bonds. The van der Waals surface area contributed by atoms with E-state index in [0.29, 0.717) is 33.4 Å². The Morgan fingerprint density at radius 2 is 1.90 bits per heavy atom. The SMILES string of the molecule is Cc1cc2nc(SCC(=O)NCc3ccc(Cl)cc3)n(-c3ccc(F)cc3)c(=O)c2[nH]1. The number of halogens is 2. The number of benzene rings is 2. The number of nitrogens with zero attached hydrogens (tertiary/aromatic N) is 2. The molecule has 0 aliphatic rings. The highest BCUT2D eigenvalue weighted by molar-refractivity contribution is 7.99. The molecular formula is C22H18ClFN4O2S.